The molecule has 0 radical (unpaired) electrons. The highest BCUT2D eigenvalue weighted by atomic mass is 35.5. The molecule has 0 unspecified atom stereocenters. The van der Waals surface area contributed by atoms with E-state index < -0.39 is 0 Å². The van der Waals surface area contributed by atoms with E-state index in [-0.39, 0.29) is 0 Å². The van der Waals surface area contributed by atoms with Crippen LogP contribution >= 0.6 is 11.6 Å². The van der Waals surface area contributed by atoms with Crippen molar-refractivity contribution in [2.24, 2.45) is 0 Å². The fourth-order valence-electron chi connectivity index (χ4n) is 3.37. The lowest BCUT2D eigenvalue weighted by atomic mass is 10.2. The van der Waals surface area contributed by atoms with Gasteiger partial charge in [-0.25, -0.2) is 4.98 Å². The van der Waals surface area contributed by atoms with Crippen LogP contribution < -0.4 is 10.2 Å². The molecule has 26 heavy (non-hydrogen) atoms. The number of hydrogen-bond donors (Lipinski definition) is 1. The van der Waals surface area contributed by atoms with Crippen LogP contribution in [0.5, 0.6) is 0 Å². The van der Waals surface area contributed by atoms with Gasteiger partial charge in [-0.05, 0) is 36.4 Å². The summed E-state index contributed by atoms with van der Waals surface area (Å²) >= 11 is 6.06. The third-order valence-corrected chi connectivity index (χ3v) is 5.03. The highest BCUT2D eigenvalue weighted by molar-refractivity contribution is 6.31. The van der Waals surface area contributed by atoms with Gasteiger partial charge >= 0.3 is 0 Å². The Bertz CT molecular complexity index is 862. The number of rotatable bonds is 5. The summed E-state index contributed by atoms with van der Waals surface area (Å²) in [7, 11) is 0. The lowest BCUT2D eigenvalue weighted by Crippen LogP contribution is -2.47. The smallest absolute Gasteiger partial charge is 0.128 e. The third-order valence-electron chi connectivity index (χ3n) is 4.79. The first kappa shape index (κ1) is 17.1. The van der Waals surface area contributed by atoms with E-state index in [4.69, 9.17) is 11.6 Å². The van der Waals surface area contributed by atoms with E-state index in [1.54, 1.807) is 0 Å². The van der Waals surface area contributed by atoms with Crippen LogP contribution in [0.25, 0.3) is 10.9 Å². The van der Waals surface area contributed by atoms with Gasteiger partial charge in [0.15, 0.2) is 0 Å². The molecule has 0 atom stereocenters. The summed E-state index contributed by atoms with van der Waals surface area (Å²) in [6.45, 7) is 6.09. The van der Waals surface area contributed by atoms with Gasteiger partial charge in [0, 0.05) is 67.8 Å². The minimum absolute atomic E-state index is 0.716. The van der Waals surface area contributed by atoms with Crippen molar-refractivity contribution in [3.05, 3.63) is 59.9 Å². The van der Waals surface area contributed by atoms with Crippen LogP contribution in [0, 0.1) is 0 Å². The first-order chi connectivity index (χ1) is 12.8. The standard InChI is InChI=1S/C20H22ClN5/c21-16-4-5-17-18(6-8-22-19(17)15-16)23-9-10-25-11-13-26(14-12-25)20-3-1-2-7-24-20/h1-8,15H,9-14H2,(H,22,23). The molecule has 3 heterocycles. The van der Waals surface area contributed by atoms with Crippen LogP contribution in [-0.4, -0.2) is 54.1 Å². The Morgan fingerprint density at radius 1 is 0.962 bits per heavy atom. The second-order valence-corrected chi connectivity index (χ2v) is 6.90. The summed E-state index contributed by atoms with van der Waals surface area (Å²) in [6, 6.07) is 13.9. The second kappa shape index (κ2) is 7.89. The average molecular weight is 368 g/mol. The van der Waals surface area contributed by atoms with Crippen LogP contribution in [0.15, 0.2) is 54.9 Å². The van der Waals surface area contributed by atoms with Crippen molar-refractivity contribution < 1.29 is 0 Å². The molecule has 1 fully saturated rings. The van der Waals surface area contributed by atoms with Gasteiger partial charge in [0.05, 0.1) is 5.52 Å². The van der Waals surface area contributed by atoms with Crippen molar-refractivity contribution in [1.82, 2.24) is 14.9 Å². The zero-order valence-electron chi connectivity index (χ0n) is 14.6. The zero-order valence-corrected chi connectivity index (χ0v) is 15.4. The average Bonchev–Trinajstić information content (AvgIpc) is 2.69. The molecule has 0 amide bonds. The number of aromatic nitrogens is 2. The Morgan fingerprint density at radius 3 is 2.65 bits per heavy atom. The predicted octanol–water partition coefficient (Wildman–Crippen LogP) is 3.52. The number of pyridine rings is 2. The fraction of sp³-hybridized carbons (Fsp3) is 0.300. The van der Waals surface area contributed by atoms with Gasteiger partial charge in [0.2, 0.25) is 0 Å². The Hall–Kier alpha value is -2.37. The summed E-state index contributed by atoms with van der Waals surface area (Å²) in [4.78, 5) is 13.7. The molecule has 134 valence electrons. The van der Waals surface area contributed by atoms with Crippen LogP contribution in [0.3, 0.4) is 0 Å². The largest absolute Gasteiger partial charge is 0.383 e. The first-order valence-electron chi connectivity index (χ1n) is 8.96. The van der Waals surface area contributed by atoms with Gasteiger partial charge in [-0.15, -0.1) is 0 Å². The number of anilines is 2. The first-order valence-corrected chi connectivity index (χ1v) is 9.34. The van der Waals surface area contributed by atoms with Crippen molar-refractivity contribution >= 4 is 34.0 Å². The van der Waals surface area contributed by atoms with E-state index in [2.05, 4.69) is 31.2 Å². The number of benzene rings is 1. The summed E-state index contributed by atoms with van der Waals surface area (Å²) in [5.74, 6) is 1.08. The highest BCUT2D eigenvalue weighted by Gasteiger charge is 2.17. The zero-order chi connectivity index (χ0) is 17.8. The van der Waals surface area contributed by atoms with Gasteiger partial charge < -0.3 is 10.2 Å². The summed E-state index contributed by atoms with van der Waals surface area (Å²) in [6.07, 6.45) is 3.68. The molecule has 5 nitrogen and oxygen atoms in total. The molecule has 0 spiro atoms. The molecule has 3 aromatic rings. The molecule has 4 rings (SSSR count). The lowest BCUT2D eigenvalue weighted by Gasteiger charge is -2.35. The van der Waals surface area contributed by atoms with Crippen LogP contribution in [0.1, 0.15) is 0 Å². The molecule has 0 saturated carbocycles. The Kier molecular flexibility index (Phi) is 5.18. The van der Waals surface area contributed by atoms with Gasteiger partial charge in [-0.1, -0.05) is 17.7 Å². The van der Waals surface area contributed by atoms with Crippen molar-refractivity contribution in [3.8, 4) is 0 Å². The molecular weight excluding hydrogens is 346 g/mol. The monoisotopic (exact) mass is 367 g/mol. The molecule has 1 aliphatic heterocycles. The van der Waals surface area contributed by atoms with Gasteiger partial charge in [0.25, 0.3) is 0 Å². The van der Waals surface area contributed by atoms with E-state index in [1.165, 1.54) is 0 Å². The quantitative estimate of drug-likeness (QED) is 0.747. The van der Waals surface area contributed by atoms with Crippen molar-refractivity contribution in [2.45, 2.75) is 0 Å². The maximum Gasteiger partial charge on any atom is 0.128 e. The Balaban J connectivity index is 1.30. The molecule has 1 aliphatic rings. The number of piperazine rings is 1. The van der Waals surface area contributed by atoms with Crippen molar-refractivity contribution in [1.29, 1.82) is 0 Å². The molecule has 2 aromatic heterocycles. The van der Waals surface area contributed by atoms with Gasteiger partial charge in [-0.2, -0.15) is 0 Å². The minimum Gasteiger partial charge on any atom is -0.383 e. The topological polar surface area (TPSA) is 44.3 Å². The van der Waals surface area contributed by atoms with E-state index >= 15 is 0 Å². The predicted molar refractivity (Wildman–Crippen MR) is 108 cm³/mol. The SMILES string of the molecule is Clc1ccc2c(NCCN3CCN(c4ccccn4)CC3)ccnc2c1. The summed E-state index contributed by atoms with van der Waals surface area (Å²) < 4.78 is 0. The van der Waals surface area contributed by atoms with Gasteiger partial charge in [-0.3, -0.25) is 9.88 Å². The fourth-order valence-corrected chi connectivity index (χ4v) is 3.53. The number of hydrogen-bond acceptors (Lipinski definition) is 5. The number of nitrogens with one attached hydrogen (secondary N) is 1. The van der Waals surface area contributed by atoms with Crippen molar-refractivity contribution in [2.75, 3.05) is 49.5 Å². The van der Waals surface area contributed by atoms with Crippen molar-refractivity contribution in [3.63, 3.8) is 0 Å². The normalized spacial score (nSPS) is 15.3. The number of nitrogens with zero attached hydrogens (tertiary/aromatic N) is 4. The van der Waals surface area contributed by atoms with E-state index in [0.717, 1.165) is 61.7 Å². The molecule has 0 bridgehead atoms. The summed E-state index contributed by atoms with van der Waals surface area (Å²) in [5.41, 5.74) is 2.03. The maximum absolute atomic E-state index is 6.06. The van der Waals surface area contributed by atoms with Crippen LogP contribution in [0.4, 0.5) is 11.5 Å². The van der Waals surface area contributed by atoms with Crippen LogP contribution in [-0.2, 0) is 0 Å². The number of halogens is 1. The molecule has 1 aromatic carbocycles. The maximum atomic E-state index is 6.06. The molecule has 1 saturated heterocycles. The summed E-state index contributed by atoms with van der Waals surface area (Å²) in [5, 5.41) is 5.37. The second-order valence-electron chi connectivity index (χ2n) is 6.46. The van der Waals surface area contributed by atoms with E-state index in [1.807, 2.05) is 48.8 Å². The Labute approximate surface area is 158 Å². The third kappa shape index (κ3) is 3.89. The number of fused-ring (bicyclic) bond motifs is 1. The lowest BCUT2D eigenvalue weighted by molar-refractivity contribution is 0.267. The molecule has 0 aliphatic carbocycles. The molecule has 1 N–H and O–H groups in total. The molecule has 6 heteroatoms. The minimum atomic E-state index is 0.716. The van der Waals surface area contributed by atoms with Crippen LogP contribution in [0.2, 0.25) is 5.02 Å². The van der Waals surface area contributed by atoms with Gasteiger partial charge in [0.1, 0.15) is 5.82 Å². The molecular formula is C20H22ClN5. The van der Waals surface area contributed by atoms with E-state index in [0.29, 0.717) is 5.02 Å². The highest BCUT2D eigenvalue weighted by Crippen LogP contribution is 2.24. The Morgan fingerprint density at radius 2 is 1.85 bits per heavy atom. The van der Waals surface area contributed by atoms with E-state index in [9.17, 15) is 0 Å².